The van der Waals surface area contributed by atoms with E-state index in [9.17, 15) is 5.11 Å². The Kier molecular flexibility index (Phi) is 5.02. The zero-order valence-corrected chi connectivity index (χ0v) is 11.1. The van der Waals surface area contributed by atoms with Crippen LogP contribution in [0, 0.1) is 5.41 Å². The monoisotopic (exact) mass is 257 g/mol. The number of aromatic nitrogens is 1. The van der Waals surface area contributed by atoms with Crippen LogP contribution < -0.4 is 11.1 Å². The lowest BCUT2D eigenvalue weighted by Crippen LogP contribution is -2.32. The van der Waals surface area contributed by atoms with Gasteiger partial charge in [-0.2, -0.15) is 0 Å². The predicted molar refractivity (Wildman–Crippen MR) is 72.2 cm³/mol. The van der Waals surface area contributed by atoms with Gasteiger partial charge in [0.15, 0.2) is 0 Å². The van der Waals surface area contributed by atoms with E-state index in [-0.39, 0.29) is 12.0 Å². The van der Waals surface area contributed by atoms with Gasteiger partial charge in [-0.15, -0.1) is 0 Å². The number of pyridine rings is 1. The first-order valence-electron chi connectivity index (χ1n) is 5.82. The molecule has 0 aliphatic rings. The second-order valence-electron chi connectivity index (χ2n) is 4.32. The van der Waals surface area contributed by atoms with Gasteiger partial charge in [-0.05, 0) is 18.9 Å². The summed E-state index contributed by atoms with van der Waals surface area (Å²) in [6.45, 7) is 4.94. The van der Waals surface area contributed by atoms with E-state index in [2.05, 4.69) is 24.1 Å². The largest absolute Gasteiger partial charge is 0.397 e. The molecule has 5 heteroatoms. The normalized spacial score (nSPS) is 11.5. The second-order valence-corrected chi connectivity index (χ2v) is 4.73. The maximum atomic E-state index is 9.45. The van der Waals surface area contributed by atoms with E-state index in [1.165, 1.54) is 0 Å². The lowest BCUT2D eigenvalue weighted by atomic mass is 9.83. The van der Waals surface area contributed by atoms with Crippen molar-refractivity contribution in [3.63, 3.8) is 0 Å². The van der Waals surface area contributed by atoms with Crippen molar-refractivity contribution in [3.05, 3.63) is 17.3 Å². The minimum absolute atomic E-state index is 0.119. The molecular weight excluding hydrogens is 238 g/mol. The van der Waals surface area contributed by atoms with E-state index < -0.39 is 0 Å². The highest BCUT2D eigenvalue weighted by Crippen LogP contribution is 2.28. The van der Waals surface area contributed by atoms with Crippen LogP contribution in [0.3, 0.4) is 0 Å². The van der Waals surface area contributed by atoms with Gasteiger partial charge in [-0.25, -0.2) is 4.98 Å². The third-order valence-corrected chi connectivity index (χ3v) is 3.62. The molecule has 0 radical (unpaired) electrons. The SMILES string of the molecule is CCC(CC)(CO)CNc1ncc(N)cc1Cl. The number of nitrogens with zero attached hydrogens (tertiary/aromatic N) is 1. The lowest BCUT2D eigenvalue weighted by Gasteiger charge is -2.29. The standard InChI is InChI=1S/C12H20ClN3O/c1-3-12(4-2,8-17)7-16-11-10(13)5-9(14)6-15-11/h5-6,17H,3-4,7-8,14H2,1-2H3,(H,15,16). The van der Waals surface area contributed by atoms with Gasteiger partial charge < -0.3 is 16.2 Å². The van der Waals surface area contributed by atoms with Crippen molar-refractivity contribution in [3.8, 4) is 0 Å². The highest BCUT2D eigenvalue weighted by Gasteiger charge is 2.25. The van der Waals surface area contributed by atoms with Crippen LogP contribution in [-0.2, 0) is 0 Å². The van der Waals surface area contributed by atoms with E-state index in [0.29, 0.717) is 23.1 Å². The van der Waals surface area contributed by atoms with Crippen LogP contribution >= 0.6 is 11.6 Å². The van der Waals surface area contributed by atoms with Gasteiger partial charge in [0.1, 0.15) is 5.82 Å². The Labute approximate surface area is 107 Å². The lowest BCUT2D eigenvalue weighted by molar-refractivity contribution is 0.127. The van der Waals surface area contributed by atoms with E-state index >= 15 is 0 Å². The molecule has 0 aliphatic carbocycles. The third-order valence-electron chi connectivity index (χ3n) is 3.33. The first-order valence-corrected chi connectivity index (χ1v) is 6.20. The van der Waals surface area contributed by atoms with Gasteiger partial charge in [-0.1, -0.05) is 25.4 Å². The molecule has 17 heavy (non-hydrogen) atoms. The highest BCUT2D eigenvalue weighted by atomic mass is 35.5. The number of aliphatic hydroxyl groups is 1. The zero-order valence-electron chi connectivity index (χ0n) is 10.3. The van der Waals surface area contributed by atoms with E-state index in [1.807, 2.05) is 0 Å². The molecule has 96 valence electrons. The summed E-state index contributed by atoms with van der Waals surface area (Å²) in [7, 11) is 0. The molecule has 1 aromatic heterocycles. The van der Waals surface area contributed by atoms with Crippen molar-refractivity contribution in [1.82, 2.24) is 4.98 Å². The quantitative estimate of drug-likeness (QED) is 0.732. The van der Waals surface area contributed by atoms with E-state index in [0.717, 1.165) is 12.8 Å². The first kappa shape index (κ1) is 14.1. The summed E-state index contributed by atoms with van der Waals surface area (Å²) in [6, 6.07) is 1.66. The van der Waals surface area contributed by atoms with Gasteiger partial charge in [0, 0.05) is 12.0 Å². The van der Waals surface area contributed by atoms with Crippen molar-refractivity contribution in [1.29, 1.82) is 0 Å². The molecule has 0 atom stereocenters. The topological polar surface area (TPSA) is 71.2 Å². The Morgan fingerprint density at radius 3 is 2.59 bits per heavy atom. The molecule has 0 unspecified atom stereocenters. The van der Waals surface area contributed by atoms with Gasteiger partial charge in [0.2, 0.25) is 0 Å². The molecule has 1 heterocycles. The summed E-state index contributed by atoms with van der Waals surface area (Å²) in [5, 5.41) is 13.1. The molecule has 0 spiro atoms. The average molecular weight is 258 g/mol. The Bertz CT molecular complexity index is 359. The fourth-order valence-corrected chi connectivity index (χ4v) is 1.88. The third kappa shape index (κ3) is 3.48. The van der Waals surface area contributed by atoms with E-state index in [4.69, 9.17) is 17.3 Å². The molecule has 0 aliphatic heterocycles. The highest BCUT2D eigenvalue weighted by molar-refractivity contribution is 6.33. The summed E-state index contributed by atoms with van der Waals surface area (Å²) in [6.07, 6.45) is 3.37. The zero-order chi connectivity index (χ0) is 12.9. The average Bonchev–Trinajstić information content (AvgIpc) is 2.33. The summed E-state index contributed by atoms with van der Waals surface area (Å²) in [5.41, 5.74) is 6.00. The van der Waals surface area contributed by atoms with Crippen molar-refractivity contribution >= 4 is 23.1 Å². The van der Waals surface area contributed by atoms with Crippen molar-refractivity contribution in [2.24, 2.45) is 5.41 Å². The van der Waals surface area contributed by atoms with Gasteiger partial charge in [-0.3, -0.25) is 0 Å². The smallest absolute Gasteiger partial charge is 0.144 e. The first-order chi connectivity index (χ1) is 8.06. The molecule has 4 nitrogen and oxygen atoms in total. The number of rotatable bonds is 6. The maximum Gasteiger partial charge on any atom is 0.144 e. The Morgan fingerprint density at radius 2 is 2.12 bits per heavy atom. The number of anilines is 2. The van der Waals surface area contributed by atoms with Crippen LogP contribution in [-0.4, -0.2) is 23.2 Å². The molecule has 0 bridgehead atoms. The Hall–Kier alpha value is -1.00. The summed E-state index contributed by atoms with van der Waals surface area (Å²) in [4.78, 5) is 4.13. The number of nitrogen functional groups attached to an aromatic ring is 1. The number of aliphatic hydroxyl groups excluding tert-OH is 1. The molecule has 1 aromatic rings. The van der Waals surface area contributed by atoms with Crippen molar-refractivity contribution in [2.45, 2.75) is 26.7 Å². The Balaban J connectivity index is 2.72. The number of hydrogen-bond donors (Lipinski definition) is 3. The minimum Gasteiger partial charge on any atom is -0.397 e. The van der Waals surface area contributed by atoms with Gasteiger partial charge in [0.05, 0.1) is 23.5 Å². The van der Waals surface area contributed by atoms with Crippen LogP contribution in [0.2, 0.25) is 5.02 Å². The predicted octanol–water partition coefficient (Wildman–Crippen LogP) is 2.53. The maximum absolute atomic E-state index is 9.45. The molecule has 0 fully saturated rings. The number of hydrogen-bond acceptors (Lipinski definition) is 4. The number of nitrogens with two attached hydrogens (primary N) is 1. The molecule has 0 saturated heterocycles. The number of nitrogens with one attached hydrogen (secondary N) is 1. The second kappa shape index (κ2) is 6.07. The van der Waals surface area contributed by atoms with Crippen LogP contribution in [0.5, 0.6) is 0 Å². The fourth-order valence-electron chi connectivity index (χ4n) is 1.63. The van der Waals surface area contributed by atoms with Gasteiger partial charge in [0.25, 0.3) is 0 Å². The molecule has 4 N–H and O–H groups in total. The molecule has 0 aromatic carbocycles. The minimum atomic E-state index is -0.119. The van der Waals surface area contributed by atoms with Crippen molar-refractivity contribution < 1.29 is 5.11 Å². The summed E-state index contributed by atoms with van der Waals surface area (Å²) in [5.74, 6) is 0.612. The molecule has 1 rings (SSSR count). The van der Waals surface area contributed by atoms with Crippen LogP contribution in [0.25, 0.3) is 0 Å². The van der Waals surface area contributed by atoms with Crippen LogP contribution in [0.1, 0.15) is 26.7 Å². The van der Waals surface area contributed by atoms with E-state index in [1.54, 1.807) is 12.3 Å². The van der Waals surface area contributed by atoms with Crippen LogP contribution in [0.4, 0.5) is 11.5 Å². The van der Waals surface area contributed by atoms with Crippen LogP contribution in [0.15, 0.2) is 12.3 Å². The summed E-state index contributed by atoms with van der Waals surface area (Å²) < 4.78 is 0. The van der Waals surface area contributed by atoms with Gasteiger partial charge >= 0.3 is 0 Å². The Morgan fingerprint density at radius 1 is 1.47 bits per heavy atom. The summed E-state index contributed by atoms with van der Waals surface area (Å²) >= 11 is 6.02. The molecular formula is C12H20ClN3O. The fraction of sp³-hybridized carbons (Fsp3) is 0.583. The molecule has 0 saturated carbocycles. The number of halogens is 1. The molecule has 0 amide bonds. The van der Waals surface area contributed by atoms with Crippen molar-refractivity contribution in [2.75, 3.05) is 24.2 Å².